The zero-order valence-corrected chi connectivity index (χ0v) is 16.6. The Balaban J connectivity index is 1.51. The second kappa shape index (κ2) is 7.87. The van der Waals surface area contributed by atoms with E-state index in [1.165, 1.54) is 5.56 Å². The monoisotopic (exact) mass is 388 g/mol. The number of hydrogen-bond donors (Lipinski definition) is 2. The van der Waals surface area contributed by atoms with Crippen molar-refractivity contribution >= 4 is 23.2 Å². The maximum absolute atomic E-state index is 12.8. The zero-order valence-electron chi connectivity index (χ0n) is 16.6. The molecule has 7 nitrogen and oxygen atoms in total. The number of fused-ring (bicyclic) bond motifs is 1. The number of aromatic nitrogens is 3. The van der Waals surface area contributed by atoms with Gasteiger partial charge in [-0.1, -0.05) is 26.0 Å². The molecule has 2 aromatic heterocycles. The lowest BCUT2D eigenvalue weighted by molar-refractivity contribution is 0.102. The Bertz CT molecular complexity index is 1050. The van der Waals surface area contributed by atoms with Gasteiger partial charge in [0.15, 0.2) is 0 Å². The van der Waals surface area contributed by atoms with Crippen molar-refractivity contribution < 1.29 is 4.79 Å². The third-order valence-corrected chi connectivity index (χ3v) is 5.11. The van der Waals surface area contributed by atoms with E-state index >= 15 is 0 Å². The minimum Gasteiger partial charge on any atom is -0.368 e. The maximum Gasteiger partial charge on any atom is 0.257 e. The topological polar surface area (TPSA) is 97.0 Å². The summed E-state index contributed by atoms with van der Waals surface area (Å²) in [7, 11) is 0. The molecule has 0 unspecified atom stereocenters. The van der Waals surface area contributed by atoms with Gasteiger partial charge in [-0.25, -0.2) is 9.97 Å². The molecule has 1 aliphatic rings. The van der Waals surface area contributed by atoms with E-state index < -0.39 is 0 Å². The average molecular weight is 388 g/mol. The van der Waals surface area contributed by atoms with Crippen molar-refractivity contribution in [2.45, 2.75) is 32.7 Å². The van der Waals surface area contributed by atoms with Crippen molar-refractivity contribution in [2.24, 2.45) is 0 Å². The van der Waals surface area contributed by atoms with Crippen LogP contribution in [0, 0.1) is 0 Å². The summed E-state index contributed by atoms with van der Waals surface area (Å²) in [4.78, 5) is 27.6. The van der Waals surface area contributed by atoms with E-state index in [1.807, 2.05) is 24.3 Å². The van der Waals surface area contributed by atoms with Gasteiger partial charge >= 0.3 is 0 Å². The number of nitrogens with one attached hydrogen (secondary N) is 1. The van der Waals surface area contributed by atoms with E-state index in [1.54, 1.807) is 18.6 Å². The van der Waals surface area contributed by atoms with Gasteiger partial charge in [-0.15, -0.1) is 0 Å². The Morgan fingerprint density at radius 1 is 1.21 bits per heavy atom. The highest BCUT2D eigenvalue weighted by atomic mass is 16.1. The highest BCUT2D eigenvalue weighted by Crippen LogP contribution is 2.24. The van der Waals surface area contributed by atoms with Crippen LogP contribution >= 0.6 is 0 Å². The van der Waals surface area contributed by atoms with Gasteiger partial charge in [0.05, 0.1) is 23.1 Å². The van der Waals surface area contributed by atoms with Crippen LogP contribution in [0.4, 0.5) is 17.3 Å². The molecule has 0 fully saturated rings. The van der Waals surface area contributed by atoms with Crippen LogP contribution in [0.3, 0.4) is 0 Å². The molecule has 0 radical (unpaired) electrons. The molecule has 0 aliphatic carbocycles. The second-order valence-corrected chi connectivity index (χ2v) is 7.54. The number of nitrogens with two attached hydrogens (primary N) is 1. The lowest BCUT2D eigenvalue weighted by Gasteiger charge is -2.29. The summed E-state index contributed by atoms with van der Waals surface area (Å²) in [5.74, 6) is 0.533. The number of anilines is 3. The number of nitrogen functional groups attached to an aromatic ring is 1. The van der Waals surface area contributed by atoms with Crippen LogP contribution in [0.2, 0.25) is 0 Å². The molecule has 1 aromatic carbocycles. The Morgan fingerprint density at radius 3 is 2.90 bits per heavy atom. The molecule has 7 heteroatoms. The number of amides is 1. The Labute approximate surface area is 170 Å². The van der Waals surface area contributed by atoms with Gasteiger partial charge < -0.3 is 16.0 Å². The molecule has 3 aromatic rings. The van der Waals surface area contributed by atoms with Crippen molar-refractivity contribution in [1.82, 2.24) is 15.0 Å². The molecule has 4 rings (SSSR count). The molecule has 29 heavy (non-hydrogen) atoms. The van der Waals surface area contributed by atoms with Crippen LogP contribution < -0.4 is 16.0 Å². The van der Waals surface area contributed by atoms with E-state index in [9.17, 15) is 4.79 Å². The molecule has 1 aliphatic heterocycles. The third-order valence-electron chi connectivity index (χ3n) is 5.11. The minimum atomic E-state index is -0.172. The second-order valence-electron chi connectivity index (χ2n) is 7.54. The van der Waals surface area contributed by atoms with E-state index in [4.69, 9.17) is 5.73 Å². The van der Waals surface area contributed by atoms with Crippen molar-refractivity contribution in [3.05, 3.63) is 71.3 Å². The normalized spacial score (nSPS) is 13.3. The van der Waals surface area contributed by atoms with Crippen LogP contribution in [0.1, 0.15) is 46.9 Å². The molecule has 148 valence electrons. The quantitative estimate of drug-likeness (QED) is 0.711. The van der Waals surface area contributed by atoms with Gasteiger partial charge in [0.1, 0.15) is 0 Å². The molecule has 0 atom stereocenters. The van der Waals surface area contributed by atoms with Gasteiger partial charge in [-0.2, -0.15) is 0 Å². The number of carbonyl (C=O) groups is 1. The highest BCUT2D eigenvalue weighted by Gasteiger charge is 2.20. The smallest absolute Gasteiger partial charge is 0.257 e. The number of pyridine rings is 1. The highest BCUT2D eigenvalue weighted by molar-refractivity contribution is 6.04. The molecule has 0 saturated carbocycles. The predicted molar refractivity (Wildman–Crippen MR) is 114 cm³/mol. The summed E-state index contributed by atoms with van der Waals surface area (Å²) in [6.45, 7) is 5.71. The summed E-state index contributed by atoms with van der Waals surface area (Å²) in [5.41, 5.74) is 11.1. The zero-order chi connectivity index (χ0) is 20.4. The van der Waals surface area contributed by atoms with Crippen molar-refractivity contribution in [3.8, 4) is 0 Å². The van der Waals surface area contributed by atoms with Gasteiger partial charge in [-0.3, -0.25) is 9.78 Å². The fourth-order valence-electron chi connectivity index (χ4n) is 3.46. The Hall–Kier alpha value is -3.48. The van der Waals surface area contributed by atoms with Gasteiger partial charge in [0, 0.05) is 43.2 Å². The third kappa shape index (κ3) is 4.18. The van der Waals surface area contributed by atoms with E-state index in [0.29, 0.717) is 24.0 Å². The van der Waals surface area contributed by atoms with Crippen LogP contribution in [-0.4, -0.2) is 27.4 Å². The summed E-state index contributed by atoms with van der Waals surface area (Å²) in [5, 5.41) is 2.97. The SMILES string of the molecule is CC(C)c1cccc(NC(=O)c2cncc(N3CCc4nc(N)ncc4C3)c2)c1. The number of hydrogen-bond acceptors (Lipinski definition) is 6. The average Bonchev–Trinajstić information content (AvgIpc) is 2.73. The van der Waals surface area contributed by atoms with E-state index in [0.717, 1.165) is 35.6 Å². The number of rotatable bonds is 4. The molecular weight excluding hydrogens is 364 g/mol. The van der Waals surface area contributed by atoms with Crippen LogP contribution in [-0.2, 0) is 13.0 Å². The van der Waals surface area contributed by atoms with Crippen molar-refractivity contribution in [2.75, 3.05) is 22.5 Å². The Kier molecular flexibility index (Phi) is 5.12. The van der Waals surface area contributed by atoms with Crippen LogP contribution in [0.5, 0.6) is 0 Å². The fourth-order valence-corrected chi connectivity index (χ4v) is 3.46. The molecule has 0 spiro atoms. The number of nitrogens with zero attached hydrogens (tertiary/aromatic N) is 4. The first-order chi connectivity index (χ1) is 14.0. The van der Waals surface area contributed by atoms with Crippen LogP contribution in [0.15, 0.2) is 48.9 Å². The van der Waals surface area contributed by atoms with Crippen LogP contribution in [0.25, 0.3) is 0 Å². The molecule has 1 amide bonds. The lowest BCUT2D eigenvalue weighted by Crippen LogP contribution is -2.31. The summed E-state index contributed by atoms with van der Waals surface area (Å²) in [6.07, 6.45) is 5.92. The summed E-state index contributed by atoms with van der Waals surface area (Å²) < 4.78 is 0. The molecule has 0 saturated heterocycles. The molecule has 3 N–H and O–H groups in total. The van der Waals surface area contributed by atoms with E-state index in [2.05, 4.69) is 45.1 Å². The van der Waals surface area contributed by atoms with Crippen molar-refractivity contribution in [3.63, 3.8) is 0 Å². The molecule has 3 heterocycles. The number of benzene rings is 1. The number of carbonyl (C=O) groups excluding carboxylic acids is 1. The lowest BCUT2D eigenvalue weighted by atomic mass is 10.0. The standard InChI is InChI=1S/C22H24N6O/c1-14(2)15-4-3-5-18(8-15)26-21(29)16-9-19(12-24-10-16)28-7-6-20-17(13-28)11-25-22(23)27-20/h3-5,8-12,14H,6-7,13H2,1-2H3,(H,26,29)(H2,23,25,27). The molecular formula is C22H24N6O. The Morgan fingerprint density at radius 2 is 2.07 bits per heavy atom. The summed E-state index contributed by atoms with van der Waals surface area (Å²) in [6, 6.07) is 9.80. The summed E-state index contributed by atoms with van der Waals surface area (Å²) >= 11 is 0. The maximum atomic E-state index is 12.8. The predicted octanol–water partition coefficient (Wildman–Crippen LogP) is 3.39. The minimum absolute atomic E-state index is 0.172. The van der Waals surface area contributed by atoms with Gasteiger partial charge in [0.2, 0.25) is 5.95 Å². The first-order valence-corrected chi connectivity index (χ1v) is 9.71. The first-order valence-electron chi connectivity index (χ1n) is 9.71. The van der Waals surface area contributed by atoms with Gasteiger partial charge in [0.25, 0.3) is 5.91 Å². The fraction of sp³-hybridized carbons (Fsp3) is 0.273. The molecule has 0 bridgehead atoms. The van der Waals surface area contributed by atoms with Crippen molar-refractivity contribution in [1.29, 1.82) is 0 Å². The first kappa shape index (κ1) is 18.9. The largest absolute Gasteiger partial charge is 0.368 e. The van der Waals surface area contributed by atoms with E-state index in [-0.39, 0.29) is 5.91 Å². The van der Waals surface area contributed by atoms with Gasteiger partial charge in [-0.05, 0) is 29.7 Å².